The lowest BCUT2D eigenvalue weighted by atomic mass is 9.85. The largest absolute Gasteiger partial charge is 0.497 e. The molecule has 2 amide bonds. The van der Waals surface area contributed by atoms with Crippen molar-refractivity contribution in [1.29, 1.82) is 0 Å². The highest BCUT2D eigenvalue weighted by molar-refractivity contribution is 5.90. The van der Waals surface area contributed by atoms with Gasteiger partial charge in [0.1, 0.15) is 11.3 Å². The fourth-order valence-corrected chi connectivity index (χ4v) is 3.46. The van der Waals surface area contributed by atoms with Crippen LogP contribution >= 0.6 is 0 Å². The zero-order chi connectivity index (χ0) is 17.9. The van der Waals surface area contributed by atoms with Crippen LogP contribution in [0.25, 0.3) is 0 Å². The number of nitrogens with zero attached hydrogens (tertiary/aromatic N) is 1. The molecule has 1 aliphatic heterocycles. The molecule has 0 spiro atoms. The van der Waals surface area contributed by atoms with Gasteiger partial charge in [-0.1, -0.05) is 6.07 Å². The number of rotatable bonds is 6. The van der Waals surface area contributed by atoms with Gasteiger partial charge in [-0.05, 0) is 43.7 Å². The number of nitrogens with one attached hydrogen (secondary N) is 2. The van der Waals surface area contributed by atoms with Crippen LogP contribution in [0.4, 0.5) is 5.69 Å². The van der Waals surface area contributed by atoms with Gasteiger partial charge in [-0.2, -0.15) is 0 Å². The Kier molecular flexibility index (Phi) is 5.16. The molecule has 3 rings (SSSR count). The quantitative estimate of drug-likeness (QED) is 0.827. The van der Waals surface area contributed by atoms with E-state index in [0.717, 1.165) is 11.4 Å². The first-order valence-corrected chi connectivity index (χ1v) is 8.98. The number of anilines is 1. The van der Waals surface area contributed by atoms with Gasteiger partial charge < -0.3 is 20.3 Å². The van der Waals surface area contributed by atoms with Gasteiger partial charge in [0.05, 0.1) is 7.11 Å². The maximum atomic E-state index is 12.6. The van der Waals surface area contributed by atoms with E-state index in [1.165, 1.54) is 12.8 Å². The molecule has 1 saturated carbocycles. The molecule has 25 heavy (non-hydrogen) atoms. The van der Waals surface area contributed by atoms with Crippen LogP contribution < -0.4 is 15.4 Å². The molecule has 0 aromatic heterocycles. The van der Waals surface area contributed by atoms with Crippen molar-refractivity contribution in [3.8, 4) is 5.75 Å². The molecule has 6 nitrogen and oxygen atoms in total. The van der Waals surface area contributed by atoms with E-state index in [9.17, 15) is 9.59 Å². The van der Waals surface area contributed by atoms with E-state index in [1.54, 1.807) is 14.2 Å². The summed E-state index contributed by atoms with van der Waals surface area (Å²) >= 11 is 0. The van der Waals surface area contributed by atoms with Gasteiger partial charge in [0.25, 0.3) is 0 Å². The Hall–Kier alpha value is -2.24. The Balaban J connectivity index is 1.69. The molecule has 1 saturated heterocycles. The van der Waals surface area contributed by atoms with Crippen LogP contribution in [-0.2, 0) is 9.59 Å². The van der Waals surface area contributed by atoms with Gasteiger partial charge >= 0.3 is 0 Å². The second-order valence-corrected chi connectivity index (χ2v) is 7.05. The van der Waals surface area contributed by atoms with E-state index in [0.29, 0.717) is 38.3 Å². The lowest BCUT2D eigenvalue weighted by Gasteiger charge is -2.41. The molecule has 1 aliphatic carbocycles. The molecule has 136 valence electrons. The van der Waals surface area contributed by atoms with E-state index in [2.05, 4.69) is 10.6 Å². The number of carbonyl (C=O) groups excluding carboxylic acids is 2. The second kappa shape index (κ2) is 7.33. The molecule has 0 bridgehead atoms. The Morgan fingerprint density at radius 2 is 2.00 bits per heavy atom. The summed E-state index contributed by atoms with van der Waals surface area (Å²) in [6, 6.07) is 7.58. The molecule has 1 aromatic rings. The van der Waals surface area contributed by atoms with Crippen LogP contribution in [0.2, 0.25) is 0 Å². The predicted octanol–water partition coefficient (Wildman–Crippen LogP) is 2.01. The smallest absolute Gasteiger partial charge is 0.245 e. The number of amides is 2. The molecular formula is C19H27N3O3. The molecular weight excluding hydrogens is 318 g/mol. The molecule has 0 atom stereocenters. The van der Waals surface area contributed by atoms with E-state index in [4.69, 9.17) is 4.74 Å². The number of likely N-dealkylation sites (N-methyl/N-ethyl adjacent to an activating group) is 1. The predicted molar refractivity (Wildman–Crippen MR) is 96.6 cm³/mol. The monoisotopic (exact) mass is 345 g/mol. The maximum absolute atomic E-state index is 12.6. The van der Waals surface area contributed by atoms with Crippen molar-refractivity contribution in [2.45, 2.75) is 37.6 Å². The number of piperidine rings is 1. The highest BCUT2D eigenvalue weighted by atomic mass is 16.5. The van der Waals surface area contributed by atoms with Crippen LogP contribution in [0.5, 0.6) is 5.75 Å². The summed E-state index contributed by atoms with van der Waals surface area (Å²) in [6.45, 7) is 1.21. The molecule has 2 fully saturated rings. The van der Waals surface area contributed by atoms with Gasteiger partial charge in [0.2, 0.25) is 11.8 Å². The highest BCUT2D eigenvalue weighted by Gasteiger charge is 2.42. The topological polar surface area (TPSA) is 70.7 Å². The summed E-state index contributed by atoms with van der Waals surface area (Å²) in [5, 5.41) is 6.18. The Morgan fingerprint density at radius 1 is 1.28 bits per heavy atom. The van der Waals surface area contributed by atoms with Gasteiger partial charge in [-0.25, -0.2) is 0 Å². The SMILES string of the molecule is CNC(=O)C1(Nc2cccc(OC)c2)CCN(C(=O)CC2CC2)CC1. The number of carbonyl (C=O) groups is 2. The molecule has 2 aliphatic rings. The zero-order valence-electron chi connectivity index (χ0n) is 15.0. The van der Waals surface area contributed by atoms with E-state index in [1.807, 2.05) is 29.2 Å². The summed E-state index contributed by atoms with van der Waals surface area (Å²) < 4.78 is 5.26. The van der Waals surface area contributed by atoms with Crippen molar-refractivity contribution in [3.05, 3.63) is 24.3 Å². The van der Waals surface area contributed by atoms with Gasteiger partial charge in [-0.15, -0.1) is 0 Å². The first-order valence-electron chi connectivity index (χ1n) is 8.98. The van der Waals surface area contributed by atoms with Crippen molar-refractivity contribution >= 4 is 17.5 Å². The summed E-state index contributed by atoms with van der Waals surface area (Å²) in [5.74, 6) is 1.53. The Morgan fingerprint density at radius 3 is 2.60 bits per heavy atom. The number of hydrogen-bond donors (Lipinski definition) is 2. The minimum Gasteiger partial charge on any atom is -0.497 e. The fourth-order valence-electron chi connectivity index (χ4n) is 3.46. The van der Waals surface area contributed by atoms with Gasteiger partial charge in [0, 0.05) is 38.3 Å². The standard InChI is InChI=1S/C19H27N3O3/c1-20-18(24)19(21-15-4-3-5-16(13-15)25-2)8-10-22(11-9-19)17(23)12-14-6-7-14/h3-5,13-14,21H,6-12H2,1-2H3,(H,20,24). The second-order valence-electron chi connectivity index (χ2n) is 7.05. The summed E-state index contributed by atoms with van der Waals surface area (Å²) in [5.41, 5.74) is 0.151. The third-order valence-electron chi connectivity index (χ3n) is 5.24. The normalized spacial score (nSPS) is 19.2. The lowest BCUT2D eigenvalue weighted by molar-refractivity contribution is -0.136. The van der Waals surface area contributed by atoms with Crippen LogP contribution in [0.15, 0.2) is 24.3 Å². The highest BCUT2D eigenvalue weighted by Crippen LogP contribution is 2.34. The number of benzene rings is 1. The minimum absolute atomic E-state index is 0.0374. The van der Waals surface area contributed by atoms with Crippen LogP contribution in [0.3, 0.4) is 0 Å². The average molecular weight is 345 g/mol. The summed E-state index contributed by atoms with van der Waals surface area (Å²) in [4.78, 5) is 26.8. The molecule has 2 N–H and O–H groups in total. The van der Waals surface area contributed by atoms with E-state index < -0.39 is 5.54 Å². The number of methoxy groups -OCH3 is 1. The van der Waals surface area contributed by atoms with Crippen molar-refractivity contribution < 1.29 is 14.3 Å². The molecule has 1 heterocycles. The van der Waals surface area contributed by atoms with Crippen LogP contribution in [0.1, 0.15) is 32.1 Å². The molecule has 6 heteroatoms. The van der Waals surface area contributed by atoms with Gasteiger partial charge in [-0.3, -0.25) is 9.59 Å². The third kappa shape index (κ3) is 4.06. The summed E-state index contributed by atoms with van der Waals surface area (Å²) in [7, 11) is 3.28. The Labute approximate surface area is 148 Å². The van der Waals surface area contributed by atoms with E-state index in [-0.39, 0.29) is 11.8 Å². The number of hydrogen-bond acceptors (Lipinski definition) is 4. The third-order valence-corrected chi connectivity index (χ3v) is 5.24. The zero-order valence-corrected chi connectivity index (χ0v) is 15.0. The van der Waals surface area contributed by atoms with Crippen molar-refractivity contribution in [2.75, 3.05) is 32.6 Å². The Bertz CT molecular complexity index is 635. The van der Waals surface area contributed by atoms with Gasteiger partial charge in [0.15, 0.2) is 0 Å². The van der Waals surface area contributed by atoms with Crippen LogP contribution in [0, 0.1) is 5.92 Å². The molecule has 0 unspecified atom stereocenters. The minimum atomic E-state index is -0.697. The average Bonchev–Trinajstić information content (AvgIpc) is 3.45. The molecule has 0 radical (unpaired) electrons. The molecule has 1 aromatic carbocycles. The van der Waals surface area contributed by atoms with Crippen molar-refractivity contribution in [3.63, 3.8) is 0 Å². The number of ether oxygens (including phenoxy) is 1. The van der Waals surface area contributed by atoms with E-state index >= 15 is 0 Å². The van der Waals surface area contributed by atoms with Crippen molar-refractivity contribution in [2.24, 2.45) is 5.92 Å². The fraction of sp³-hybridized carbons (Fsp3) is 0.579. The lowest BCUT2D eigenvalue weighted by Crippen LogP contribution is -2.58. The summed E-state index contributed by atoms with van der Waals surface area (Å²) in [6.07, 6.45) is 4.22. The number of likely N-dealkylation sites (tertiary alicyclic amines) is 1. The first-order chi connectivity index (χ1) is 12.1. The first kappa shape index (κ1) is 17.6. The maximum Gasteiger partial charge on any atom is 0.245 e. The van der Waals surface area contributed by atoms with Crippen molar-refractivity contribution in [1.82, 2.24) is 10.2 Å². The van der Waals surface area contributed by atoms with Crippen LogP contribution in [-0.4, -0.2) is 49.5 Å².